The van der Waals surface area contributed by atoms with Crippen molar-refractivity contribution in [1.82, 2.24) is 14.5 Å². The molecule has 1 amide bonds. The first-order chi connectivity index (χ1) is 13.9. The van der Waals surface area contributed by atoms with Crippen LogP contribution in [-0.4, -0.2) is 45.5 Å². The van der Waals surface area contributed by atoms with Crippen molar-refractivity contribution in [3.63, 3.8) is 0 Å². The number of aryl methyl sites for hydroxylation is 2. The first-order valence-electron chi connectivity index (χ1n) is 9.41. The van der Waals surface area contributed by atoms with Gasteiger partial charge in [-0.15, -0.1) is 11.3 Å². The van der Waals surface area contributed by atoms with Crippen LogP contribution >= 0.6 is 11.3 Å². The maximum absolute atomic E-state index is 13.0. The highest BCUT2D eigenvalue weighted by Gasteiger charge is 2.32. The number of amides is 1. The predicted octanol–water partition coefficient (Wildman–Crippen LogP) is 2.60. The van der Waals surface area contributed by atoms with Crippen molar-refractivity contribution in [2.45, 2.75) is 32.9 Å². The van der Waals surface area contributed by atoms with Crippen LogP contribution in [0.2, 0.25) is 0 Å². The van der Waals surface area contributed by atoms with Crippen LogP contribution in [0.3, 0.4) is 0 Å². The van der Waals surface area contributed by atoms with Gasteiger partial charge in [-0.3, -0.25) is 19.0 Å². The van der Waals surface area contributed by atoms with E-state index < -0.39 is 0 Å². The van der Waals surface area contributed by atoms with Gasteiger partial charge in [-0.05, 0) is 12.5 Å². The summed E-state index contributed by atoms with van der Waals surface area (Å²) in [7, 11) is 0. The molecule has 3 aromatic rings. The second-order valence-corrected chi connectivity index (χ2v) is 8.08. The molecule has 150 valence electrons. The number of carbonyl (C=O) groups excluding carboxylic acids is 2. The highest BCUT2D eigenvalue weighted by Crippen LogP contribution is 2.30. The van der Waals surface area contributed by atoms with Gasteiger partial charge in [0.05, 0.1) is 24.8 Å². The lowest BCUT2D eigenvalue weighted by atomic mass is 10.1. The summed E-state index contributed by atoms with van der Waals surface area (Å²) >= 11 is 1.44. The van der Waals surface area contributed by atoms with Gasteiger partial charge in [0.25, 0.3) is 5.56 Å². The second kappa shape index (κ2) is 7.79. The van der Waals surface area contributed by atoms with E-state index in [1.54, 1.807) is 4.90 Å². The molecular weight excluding hydrogens is 390 g/mol. The summed E-state index contributed by atoms with van der Waals surface area (Å²) in [5.74, 6) is -0.405. The molecule has 0 spiro atoms. The molecule has 0 radical (unpaired) electrons. The first kappa shape index (κ1) is 19.3. The van der Waals surface area contributed by atoms with E-state index >= 15 is 0 Å². The van der Waals surface area contributed by atoms with Gasteiger partial charge in [0.2, 0.25) is 5.91 Å². The molecule has 4 rings (SSSR count). The van der Waals surface area contributed by atoms with E-state index in [4.69, 9.17) is 4.74 Å². The van der Waals surface area contributed by atoms with Crippen molar-refractivity contribution in [1.29, 1.82) is 0 Å². The molecule has 2 aromatic heterocycles. The number of esters is 1. The highest BCUT2D eigenvalue weighted by atomic mass is 32.1. The monoisotopic (exact) mass is 411 g/mol. The average Bonchev–Trinajstić information content (AvgIpc) is 3.09. The Morgan fingerprint density at radius 3 is 2.66 bits per heavy atom. The summed E-state index contributed by atoms with van der Waals surface area (Å²) in [5.41, 5.74) is 2.87. The molecule has 1 aromatic carbocycles. The van der Waals surface area contributed by atoms with Gasteiger partial charge in [0, 0.05) is 30.8 Å². The molecule has 7 nitrogen and oxygen atoms in total. The third-order valence-corrected chi connectivity index (χ3v) is 5.91. The second-order valence-electron chi connectivity index (χ2n) is 7.22. The molecule has 0 bridgehead atoms. The number of ether oxygens (including phenoxy) is 1. The Morgan fingerprint density at radius 1 is 1.24 bits per heavy atom. The highest BCUT2D eigenvalue weighted by molar-refractivity contribution is 7.17. The molecule has 3 heterocycles. The molecule has 1 aliphatic heterocycles. The maximum Gasteiger partial charge on any atom is 0.303 e. The summed E-state index contributed by atoms with van der Waals surface area (Å²) in [6.07, 6.45) is 1.48. The fourth-order valence-electron chi connectivity index (χ4n) is 3.40. The first-order valence-corrected chi connectivity index (χ1v) is 10.3. The Morgan fingerprint density at radius 2 is 1.97 bits per heavy atom. The fraction of sp³-hybridized carbons (Fsp3) is 0.333. The summed E-state index contributed by atoms with van der Waals surface area (Å²) in [6.45, 7) is 4.46. The summed E-state index contributed by atoms with van der Waals surface area (Å²) in [4.78, 5) is 43.0. The van der Waals surface area contributed by atoms with E-state index in [2.05, 4.69) is 4.98 Å². The van der Waals surface area contributed by atoms with Crippen LogP contribution in [-0.2, 0) is 20.9 Å². The molecule has 0 N–H and O–H groups in total. The van der Waals surface area contributed by atoms with E-state index in [0.29, 0.717) is 23.3 Å². The molecule has 1 fully saturated rings. The normalized spacial score (nSPS) is 14.1. The van der Waals surface area contributed by atoms with Crippen LogP contribution < -0.4 is 5.56 Å². The van der Waals surface area contributed by atoms with Gasteiger partial charge in [0.15, 0.2) is 0 Å². The lowest BCUT2D eigenvalue weighted by Crippen LogP contribution is -2.55. The van der Waals surface area contributed by atoms with Crippen molar-refractivity contribution >= 4 is 33.4 Å². The number of thiophene rings is 1. The average molecular weight is 411 g/mol. The third kappa shape index (κ3) is 3.93. The van der Waals surface area contributed by atoms with Crippen molar-refractivity contribution in [2.75, 3.05) is 13.1 Å². The van der Waals surface area contributed by atoms with Gasteiger partial charge in [-0.2, -0.15) is 0 Å². The largest absolute Gasteiger partial charge is 0.459 e. The SMILES string of the molecule is CC(=O)OC1CN(C(=O)CCn2cnc3scc(-c4ccc(C)cc4)c3c2=O)C1. The van der Waals surface area contributed by atoms with Crippen LogP contribution in [0.25, 0.3) is 21.3 Å². The number of hydrogen-bond acceptors (Lipinski definition) is 6. The van der Waals surface area contributed by atoms with Crippen molar-refractivity contribution < 1.29 is 14.3 Å². The quantitative estimate of drug-likeness (QED) is 0.603. The number of rotatable bonds is 5. The van der Waals surface area contributed by atoms with Gasteiger partial charge < -0.3 is 9.64 Å². The molecule has 29 heavy (non-hydrogen) atoms. The number of benzene rings is 1. The fourth-order valence-corrected chi connectivity index (χ4v) is 4.30. The molecule has 0 atom stereocenters. The Bertz CT molecular complexity index is 1130. The van der Waals surface area contributed by atoms with E-state index in [-0.39, 0.29) is 36.5 Å². The number of aromatic nitrogens is 2. The number of carbonyl (C=O) groups is 2. The van der Waals surface area contributed by atoms with Crippen molar-refractivity contribution in [3.8, 4) is 11.1 Å². The molecule has 1 aliphatic rings. The summed E-state index contributed by atoms with van der Waals surface area (Å²) in [6, 6.07) is 8.03. The Labute approximate surface area is 171 Å². The Kier molecular flexibility index (Phi) is 5.19. The summed E-state index contributed by atoms with van der Waals surface area (Å²) < 4.78 is 6.55. The summed E-state index contributed by atoms with van der Waals surface area (Å²) in [5, 5.41) is 2.54. The smallest absolute Gasteiger partial charge is 0.303 e. The number of fused-ring (bicyclic) bond motifs is 1. The van der Waals surface area contributed by atoms with Gasteiger partial charge in [-0.1, -0.05) is 29.8 Å². The zero-order chi connectivity index (χ0) is 20.5. The number of likely N-dealkylation sites (tertiary alicyclic amines) is 1. The van der Waals surface area contributed by atoms with E-state index in [1.807, 2.05) is 36.6 Å². The molecular formula is C21H21N3O4S. The van der Waals surface area contributed by atoms with E-state index in [9.17, 15) is 14.4 Å². The minimum Gasteiger partial charge on any atom is -0.459 e. The Hall–Kier alpha value is -3.00. The van der Waals surface area contributed by atoms with Crippen molar-refractivity contribution in [2.24, 2.45) is 0 Å². The van der Waals surface area contributed by atoms with Crippen LogP contribution in [0.15, 0.2) is 40.8 Å². The van der Waals surface area contributed by atoms with Crippen LogP contribution in [0.4, 0.5) is 0 Å². The lowest BCUT2D eigenvalue weighted by molar-refractivity contribution is -0.161. The molecule has 0 saturated carbocycles. The van der Waals surface area contributed by atoms with Crippen LogP contribution in [0, 0.1) is 6.92 Å². The topological polar surface area (TPSA) is 81.5 Å². The van der Waals surface area contributed by atoms with Crippen molar-refractivity contribution in [3.05, 3.63) is 51.9 Å². The van der Waals surface area contributed by atoms with E-state index in [0.717, 1.165) is 16.7 Å². The minimum absolute atomic E-state index is 0.0653. The van der Waals surface area contributed by atoms with E-state index in [1.165, 1.54) is 29.2 Å². The molecule has 8 heteroatoms. The Balaban J connectivity index is 1.49. The van der Waals surface area contributed by atoms with Crippen LogP contribution in [0.1, 0.15) is 18.9 Å². The minimum atomic E-state index is -0.340. The maximum atomic E-state index is 13.0. The molecule has 1 saturated heterocycles. The zero-order valence-electron chi connectivity index (χ0n) is 16.3. The van der Waals surface area contributed by atoms with Gasteiger partial charge in [0.1, 0.15) is 10.9 Å². The molecule has 0 unspecified atom stereocenters. The lowest BCUT2D eigenvalue weighted by Gasteiger charge is -2.38. The molecule has 0 aliphatic carbocycles. The third-order valence-electron chi connectivity index (χ3n) is 5.02. The van der Waals surface area contributed by atoms with Gasteiger partial charge in [-0.25, -0.2) is 4.98 Å². The van der Waals surface area contributed by atoms with Crippen LogP contribution in [0.5, 0.6) is 0 Å². The zero-order valence-corrected chi connectivity index (χ0v) is 17.1. The van der Waals surface area contributed by atoms with Gasteiger partial charge >= 0.3 is 5.97 Å². The predicted molar refractivity (Wildman–Crippen MR) is 111 cm³/mol. The number of hydrogen-bond donors (Lipinski definition) is 0. The number of nitrogens with zero attached hydrogens (tertiary/aromatic N) is 3. The standard InChI is InChI=1S/C21H21N3O4S/c1-13-3-5-15(6-4-13)17-11-29-20-19(17)21(27)23(12-22-20)8-7-18(26)24-9-16(10-24)28-14(2)25/h3-6,11-12,16H,7-10H2,1-2H3.